The van der Waals surface area contributed by atoms with Gasteiger partial charge in [-0.2, -0.15) is 0 Å². The highest BCUT2D eigenvalue weighted by Crippen LogP contribution is 2.16. The van der Waals surface area contributed by atoms with Gasteiger partial charge in [-0.25, -0.2) is 12.7 Å². The van der Waals surface area contributed by atoms with Crippen LogP contribution in [0.3, 0.4) is 0 Å². The predicted molar refractivity (Wildman–Crippen MR) is 81.6 cm³/mol. The molecule has 0 saturated carbocycles. The van der Waals surface area contributed by atoms with Crippen molar-refractivity contribution in [3.05, 3.63) is 29.8 Å². The number of methoxy groups -OCH3 is 1. The minimum Gasteiger partial charge on any atom is -0.395 e. The van der Waals surface area contributed by atoms with Gasteiger partial charge in [0.25, 0.3) is 0 Å². The topological polar surface area (TPSA) is 70.1 Å². The Balaban J connectivity index is 2.89. The molecule has 0 aliphatic heterocycles. The number of hydrogen-bond acceptors (Lipinski definition) is 5. The molecule has 1 N–H and O–H groups in total. The molecule has 6 nitrogen and oxygen atoms in total. The Hall–Kier alpha value is -0.990. The van der Waals surface area contributed by atoms with Gasteiger partial charge in [-0.15, -0.1) is 0 Å². The second kappa shape index (κ2) is 8.45. The van der Waals surface area contributed by atoms with E-state index in [4.69, 9.17) is 9.84 Å². The minimum atomic E-state index is -3.42. The monoisotopic (exact) mass is 316 g/mol. The summed E-state index contributed by atoms with van der Waals surface area (Å²) in [5.41, 5.74) is 0.891. The standard InChI is InChI=1S/C14H24N2O4S/c1-15(2)21(18,19)14-6-4-5-13(11-14)12-16(7-9-17)8-10-20-3/h4-6,11,17H,7-10,12H2,1-3H3. The number of rotatable bonds is 9. The van der Waals surface area contributed by atoms with Crippen molar-refractivity contribution in [2.24, 2.45) is 0 Å². The van der Waals surface area contributed by atoms with Crippen LogP contribution in [0.2, 0.25) is 0 Å². The summed E-state index contributed by atoms with van der Waals surface area (Å²) in [6.45, 7) is 2.39. The fourth-order valence-corrected chi connectivity index (χ4v) is 2.88. The Kier molecular flexibility index (Phi) is 7.27. The van der Waals surface area contributed by atoms with Crippen LogP contribution in [0.4, 0.5) is 0 Å². The van der Waals surface area contributed by atoms with E-state index in [1.54, 1.807) is 25.3 Å². The van der Waals surface area contributed by atoms with Gasteiger partial charge in [0.2, 0.25) is 10.0 Å². The van der Waals surface area contributed by atoms with Gasteiger partial charge in [0, 0.05) is 40.8 Å². The third-order valence-electron chi connectivity index (χ3n) is 3.11. The molecule has 0 aromatic heterocycles. The summed E-state index contributed by atoms with van der Waals surface area (Å²) in [5.74, 6) is 0. The maximum Gasteiger partial charge on any atom is 0.242 e. The molecule has 1 aromatic rings. The first-order chi connectivity index (χ1) is 9.91. The molecule has 0 unspecified atom stereocenters. The van der Waals surface area contributed by atoms with Crippen molar-refractivity contribution in [3.63, 3.8) is 0 Å². The lowest BCUT2D eigenvalue weighted by Crippen LogP contribution is -2.30. The van der Waals surface area contributed by atoms with E-state index in [1.807, 2.05) is 11.0 Å². The SMILES string of the molecule is COCCN(CCO)Cc1cccc(S(=O)(=O)N(C)C)c1. The molecule has 120 valence electrons. The summed E-state index contributed by atoms with van der Waals surface area (Å²) >= 11 is 0. The lowest BCUT2D eigenvalue weighted by molar-refractivity contribution is 0.127. The molecule has 0 saturated heterocycles. The van der Waals surface area contributed by atoms with E-state index in [1.165, 1.54) is 18.4 Å². The Morgan fingerprint density at radius 2 is 1.95 bits per heavy atom. The zero-order valence-electron chi connectivity index (χ0n) is 12.8. The van der Waals surface area contributed by atoms with Crippen molar-refractivity contribution in [2.75, 3.05) is 47.5 Å². The van der Waals surface area contributed by atoms with E-state index >= 15 is 0 Å². The van der Waals surface area contributed by atoms with Crippen LogP contribution >= 0.6 is 0 Å². The minimum absolute atomic E-state index is 0.0550. The Bertz CT molecular complexity index is 532. The summed E-state index contributed by atoms with van der Waals surface area (Å²) in [4.78, 5) is 2.30. The second-order valence-electron chi connectivity index (χ2n) is 4.93. The fraction of sp³-hybridized carbons (Fsp3) is 0.571. The number of benzene rings is 1. The molecule has 0 aliphatic carbocycles. The summed E-state index contributed by atoms with van der Waals surface area (Å²) in [6.07, 6.45) is 0. The lowest BCUT2D eigenvalue weighted by atomic mass is 10.2. The quantitative estimate of drug-likeness (QED) is 0.713. The molecule has 7 heteroatoms. The first-order valence-corrected chi connectivity index (χ1v) is 8.19. The molecule has 0 amide bonds. The lowest BCUT2D eigenvalue weighted by Gasteiger charge is -2.21. The van der Waals surface area contributed by atoms with Crippen LogP contribution in [-0.2, 0) is 21.3 Å². The van der Waals surface area contributed by atoms with Gasteiger partial charge >= 0.3 is 0 Å². The van der Waals surface area contributed by atoms with Gasteiger partial charge in [0.15, 0.2) is 0 Å². The first-order valence-electron chi connectivity index (χ1n) is 6.75. The molecule has 1 aromatic carbocycles. The maximum atomic E-state index is 12.1. The Labute approximate surface area is 127 Å². The van der Waals surface area contributed by atoms with Crippen molar-refractivity contribution in [1.29, 1.82) is 0 Å². The van der Waals surface area contributed by atoms with Gasteiger partial charge in [-0.3, -0.25) is 4.90 Å². The predicted octanol–water partition coefficient (Wildman–Crippen LogP) is 0.378. The van der Waals surface area contributed by atoms with E-state index in [0.29, 0.717) is 26.2 Å². The summed E-state index contributed by atoms with van der Waals surface area (Å²) in [7, 11) is 1.23. The third-order valence-corrected chi connectivity index (χ3v) is 4.92. The van der Waals surface area contributed by atoms with Crippen LogP contribution < -0.4 is 0 Å². The molecule has 0 heterocycles. The molecular formula is C14H24N2O4S. The molecule has 0 spiro atoms. The fourth-order valence-electron chi connectivity index (χ4n) is 1.91. The molecule has 0 aliphatic rings. The summed E-state index contributed by atoms with van der Waals surface area (Å²) in [6, 6.07) is 6.88. The van der Waals surface area contributed by atoms with Gasteiger partial charge < -0.3 is 9.84 Å². The van der Waals surface area contributed by atoms with E-state index < -0.39 is 10.0 Å². The van der Waals surface area contributed by atoms with Crippen molar-refractivity contribution in [1.82, 2.24) is 9.21 Å². The number of nitrogens with zero attached hydrogens (tertiary/aromatic N) is 2. The van der Waals surface area contributed by atoms with E-state index in [-0.39, 0.29) is 11.5 Å². The number of aliphatic hydroxyl groups excluding tert-OH is 1. The number of hydrogen-bond donors (Lipinski definition) is 1. The molecule has 0 bridgehead atoms. The van der Waals surface area contributed by atoms with Crippen LogP contribution in [0.5, 0.6) is 0 Å². The average molecular weight is 316 g/mol. The van der Waals surface area contributed by atoms with Gasteiger partial charge in [-0.1, -0.05) is 12.1 Å². The van der Waals surface area contributed by atoms with Crippen LogP contribution in [0.25, 0.3) is 0 Å². The van der Waals surface area contributed by atoms with Gasteiger partial charge in [0.1, 0.15) is 0 Å². The molecule has 1 rings (SSSR count). The van der Waals surface area contributed by atoms with Crippen molar-refractivity contribution < 1.29 is 18.3 Å². The second-order valence-corrected chi connectivity index (χ2v) is 7.08. The maximum absolute atomic E-state index is 12.1. The van der Waals surface area contributed by atoms with Crippen molar-refractivity contribution in [3.8, 4) is 0 Å². The van der Waals surface area contributed by atoms with Crippen LogP contribution in [0.1, 0.15) is 5.56 Å². The molecule has 21 heavy (non-hydrogen) atoms. The largest absolute Gasteiger partial charge is 0.395 e. The molecule has 0 radical (unpaired) electrons. The normalized spacial score (nSPS) is 12.3. The first kappa shape index (κ1) is 18.1. The van der Waals surface area contributed by atoms with E-state index in [9.17, 15) is 8.42 Å². The summed E-state index contributed by atoms with van der Waals surface area (Å²) in [5, 5.41) is 9.09. The highest BCUT2D eigenvalue weighted by molar-refractivity contribution is 7.89. The molecule has 0 atom stereocenters. The average Bonchev–Trinajstić information content (AvgIpc) is 2.45. The smallest absolute Gasteiger partial charge is 0.242 e. The number of ether oxygens (including phenoxy) is 1. The van der Waals surface area contributed by atoms with Crippen LogP contribution in [-0.4, -0.2) is 70.2 Å². The van der Waals surface area contributed by atoms with Crippen molar-refractivity contribution >= 4 is 10.0 Å². The van der Waals surface area contributed by atoms with E-state index in [2.05, 4.69) is 0 Å². The van der Waals surface area contributed by atoms with Gasteiger partial charge in [-0.05, 0) is 17.7 Å². The number of sulfonamides is 1. The van der Waals surface area contributed by atoms with E-state index in [0.717, 1.165) is 5.56 Å². The highest BCUT2D eigenvalue weighted by Gasteiger charge is 2.17. The number of aliphatic hydroxyl groups is 1. The highest BCUT2D eigenvalue weighted by atomic mass is 32.2. The Morgan fingerprint density at radius 3 is 2.52 bits per heavy atom. The van der Waals surface area contributed by atoms with Crippen LogP contribution in [0.15, 0.2) is 29.2 Å². The third kappa shape index (κ3) is 5.37. The Morgan fingerprint density at radius 1 is 1.24 bits per heavy atom. The van der Waals surface area contributed by atoms with Crippen molar-refractivity contribution in [2.45, 2.75) is 11.4 Å². The van der Waals surface area contributed by atoms with Crippen LogP contribution in [0, 0.1) is 0 Å². The van der Waals surface area contributed by atoms with Gasteiger partial charge in [0.05, 0.1) is 18.1 Å². The summed E-state index contributed by atoms with van der Waals surface area (Å²) < 4.78 is 30.5. The zero-order chi connectivity index (χ0) is 15.9. The molecular weight excluding hydrogens is 292 g/mol. The zero-order valence-corrected chi connectivity index (χ0v) is 13.6. The molecule has 0 fully saturated rings.